The zero-order chi connectivity index (χ0) is 35.7. The van der Waals surface area contributed by atoms with Crippen LogP contribution in [0.5, 0.6) is 5.75 Å². The van der Waals surface area contributed by atoms with E-state index in [0.29, 0.717) is 53.5 Å². The third-order valence-corrected chi connectivity index (χ3v) is 11.9. The number of hydrogen-bond donors (Lipinski definition) is 3. The van der Waals surface area contributed by atoms with Gasteiger partial charge in [-0.2, -0.15) is 0 Å². The van der Waals surface area contributed by atoms with Gasteiger partial charge in [0.2, 0.25) is 10.0 Å². The molecule has 2 atom stereocenters. The normalized spacial score (nSPS) is 20.7. The Morgan fingerprint density at radius 2 is 1.76 bits per heavy atom. The molecule has 0 radical (unpaired) electrons. The number of benzene rings is 1. The summed E-state index contributed by atoms with van der Waals surface area (Å²) in [5.74, 6) is -3.02. The van der Waals surface area contributed by atoms with E-state index in [2.05, 4.69) is 14.9 Å². The van der Waals surface area contributed by atoms with E-state index in [4.69, 9.17) is 20.2 Å². The van der Waals surface area contributed by atoms with E-state index in [1.54, 1.807) is 23.1 Å². The van der Waals surface area contributed by atoms with Gasteiger partial charge in [0, 0.05) is 44.6 Å². The molecule has 274 valence electrons. The summed E-state index contributed by atoms with van der Waals surface area (Å²) >= 11 is 0. The number of piperidine rings is 2. The minimum Gasteiger partial charge on any atom is -0.489 e. The molecule has 2 saturated heterocycles. The number of aromatic nitrogens is 1. The molecule has 50 heavy (non-hydrogen) atoms. The van der Waals surface area contributed by atoms with Crippen LogP contribution in [0.4, 0.5) is 31.8 Å². The zero-order valence-corrected chi connectivity index (χ0v) is 29.6. The number of esters is 1. The minimum absolute atomic E-state index is 0.0967. The number of carbonyl (C=O) groups is 2. The molecule has 4 heterocycles. The highest BCUT2D eigenvalue weighted by Crippen LogP contribution is 2.54. The summed E-state index contributed by atoms with van der Waals surface area (Å²) in [6, 6.07) is 5.72. The maximum absolute atomic E-state index is 14.0. The Hall–Kier alpha value is -3.72. The Kier molecular flexibility index (Phi) is 10.5. The van der Waals surface area contributed by atoms with Crippen LogP contribution in [-0.4, -0.2) is 82.4 Å². The van der Waals surface area contributed by atoms with Gasteiger partial charge in [0.05, 0.1) is 23.5 Å². The number of halogens is 2. The van der Waals surface area contributed by atoms with Crippen LogP contribution in [0.15, 0.2) is 24.3 Å². The fourth-order valence-corrected chi connectivity index (χ4v) is 7.76. The lowest BCUT2D eigenvalue weighted by molar-refractivity contribution is -0.145. The molecule has 1 aromatic carbocycles. The lowest BCUT2D eigenvalue weighted by Crippen LogP contribution is -2.40. The van der Waals surface area contributed by atoms with Crippen LogP contribution in [0, 0.1) is 11.3 Å². The summed E-state index contributed by atoms with van der Waals surface area (Å²) in [6.07, 6.45) is 5.98. The average molecular weight is 719 g/mol. The summed E-state index contributed by atoms with van der Waals surface area (Å²) in [4.78, 5) is 34.8. The third kappa shape index (κ3) is 8.42. The maximum Gasteiger partial charge on any atom is 0.323 e. The molecule has 4 aliphatic rings. The fraction of sp³-hybridized carbons (Fsp3) is 0.629. The quantitative estimate of drug-likeness (QED) is 0.257. The van der Waals surface area contributed by atoms with E-state index in [-0.39, 0.29) is 44.1 Å². The first kappa shape index (κ1) is 36.1. The molecule has 1 amide bonds. The molecule has 15 heteroatoms. The largest absolute Gasteiger partial charge is 0.489 e. The molecule has 1 unspecified atom stereocenters. The van der Waals surface area contributed by atoms with Gasteiger partial charge >= 0.3 is 5.97 Å². The Labute approximate surface area is 292 Å². The number of anilines is 4. The van der Waals surface area contributed by atoms with Crippen molar-refractivity contribution in [3.8, 4) is 5.75 Å². The summed E-state index contributed by atoms with van der Waals surface area (Å²) in [5, 5.41) is 2.94. The van der Waals surface area contributed by atoms with Gasteiger partial charge in [-0.15, -0.1) is 0 Å². The molecular formula is C35H48F2N6O6S. The Morgan fingerprint density at radius 1 is 1.06 bits per heavy atom. The van der Waals surface area contributed by atoms with Crippen molar-refractivity contribution >= 4 is 44.9 Å². The highest BCUT2D eigenvalue weighted by molar-refractivity contribution is 7.92. The second-order valence-corrected chi connectivity index (χ2v) is 16.1. The SMILES string of the molecule is CCC(C)[C@H](N)C(=O)OCCS(=O)(=O)Nc1ccc(C(=O)Nc2cc3c(c(N4CCC(F)(F)CC4)n2)OCCC3)c(N2CCC3(CC2)CC3)c1. The van der Waals surface area contributed by atoms with Crippen molar-refractivity contribution in [2.45, 2.75) is 83.6 Å². The van der Waals surface area contributed by atoms with Crippen molar-refractivity contribution in [2.75, 3.05) is 65.0 Å². The Bertz CT molecular complexity index is 1680. The van der Waals surface area contributed by atoms with Crippen LogP contribution in [0.2, 0.25) is 0 Å². The summed E-state index contributed by atoms with van der Waals surface area (Å²) in [6.45, 7) is 5.59. The van der Waals surface area contributed by atoms with Crippen LogP contribution in [0.3, 0.4) is 0 Å². The molecule has 1 spiro atoms. The standard InChI is InChI=1S/C35H48F2N6O6S/c1-3-23(2)29(38)33(45)49-19-20-50(46,47)41-25-6-7-26(27(22-25)42-14-10-34(8-9-34)11-15-42)32(44)40-28-21-24-5-4-18-48-30(24)31(39-28)43-16-12-35(36,37)13-17-43/h6-7,21-23,29,41H,3-5,8-20,38H2,1-2H3,(H,39,40,44)/t23?,29-/m0/s1. The fourth-order valence-electron chi connectivity index (χ4n) is 6.87. The van der Waals surface area contributed by atoms with Gasteiger partial charge in [-0.3, -0.25) is 14.3 Å². The number of nitrogens with two attached hydrogens (primary N) is 1. The lowest BCUT2D eigenvalue weighted by atomic mass is 9.93. The number of alkyl halides is 2. The van der Waals surface area contributed by atoms with E-state index in [1.807, 2.05) is 13.8 Å². The molecule has 1 aromatic heterocycles. The molecule has 4 N–H and O–H groups in total. The number of fused-ring (bicyclic) bond motifs is 1. The van der Waals surface area contributed by atoms with E-state index in [0.717, 1.165) is 37.9 Å². The monoisotopic (exact) mass is 718 g/mol. The molecule has 3 aliphatic heterocycles. The predicted molar refractivity (Wildman–Crippen MR) is 188 cm³/mol. The van der Waals surface area contributed by atoms with E-state index in [9.17, 15) is 26.8 Å². The first-order valence-corrected chi connectivity index (χ1v) is 19.3. The number of sulfonamides is 1. The van der Waals surface area contributed by atoms with Gasteiger partial charge in [0.25, 0.3) is 11.8 Å². The maximum atomic E-state index is 14.0. The van der Waals surface area contributed by atoms with Crippen molar-refractivity contribution in [2.24, 2.45) is 17.1 Å². The molecule has 12 nitrogen and oxygen atoms in total. The average Bonchev–Trinajstić information content (AvgIpc) is 3.85. The van der Waals surface area contributed by atoms with Gasteiger partial charge in [0.15, 0.2) is 11.6 Å². The van der Waals surface area contributed by atoms with Crippen LogP contribution in [0.1, 0.15) is 81.1 Å². The van der Waals surface area contributed by atoms with Crippen molar-refractivity contribution in [1.29, 1.82) is 0 Å². The Morgan fingerprint density at radius 3 is 2.44 bits per heavy atom. The minimum atomic E-state index is -3.91. The predicted octanol–water partition coefficient (Wildman–Crippen LogP) is 4.93. The molecular weight excluding hydrogens is 670 g/mol. The van der Waals surface area contributed by atoms with Gasteiger partial charge in [-0.1, -0.05) is 20.3 Å². The number of amides is 1. The van der Waals surface area contributed by atoms with E-state index < -0.39 is 39.6 Å². The smallest absolute Gasteiger partial charge is 0.323 e. The van der Waals surface area contributed by atoms with Crippen LogP contribution in [0.25, 0.3) is 0 Å². The first-order chi connectivity index (χ1) is 23.8. The van der Waals surface area contributed by atoms with Crippen molar-refractivity contribution in [3.05, 3.63) is 35.4 Å². The zero-order valence-electron chi connectivity index (χ0n) is 28.8. The van der Waals surface area contributed by atoms with E-state index in [1.165, 1.54) is 18.9 Å². The second kappa shape index (κ2) is 14.5. The molecule has 1 aliphatic carbocycles. The van der Waals surface area contributed by atoms with Gasteiger partial charge < -0.3 is 30.3 Å². The second-order valence-electron chi connectivity index (χ2n) is 14.3. The summed E-state index contributed by atoms with van der Waals surface area (Å²) < 4.78 is 67.6. The molecule has 2 aromatic rings. The highest BCUT2D eigenvalue weighted by Gasteiger charge is 2.45. The molecule has 3 fully saturated rings. The van der Waals surface area contributed by atoms with Crippen LogP contribution < -0.4 is 30.3 Å². The Balaban J connectivity index is 1.20. The molecule has 1 saturated carbocycles. The molecule has 6 rings (SSSR count). The number of hydrogen-bond acceptors (Lipinski definition) is 10. The number of ether oxygens (including phenoxy) is 2. The molecule has 0 bridgehead atoms. The van der Waals surface area contributed by atoms with Gasteiger partial charge in [-0.25, -0.2) is 22.2 Å². The first-order valence-electron chi connectivity index (χ1n) is 17.7. The van der Waals surface area contributed by atoms with Crippen LogP contribution in [-0.2, 0) is 26.0 Å². The highest BCUT2D eigenvalue weighted by atomic mass is 32.2. The van der Waals surface area contributed by atoms with Gasteiger partial charge in [0.1, 0.15) is 24.2 Å². The van der Waals surface area contributed by atoms with Crippen molar-refractivity contribution < 1.29 is 36.3 Å². The van der Waals surface area contributed by atoms with Gasteiger partial charge in [-0.05, 0) is 74.1 Å². The van der Waals surface area contributed by atoms with E-state index >= 15 is 0 Å². The lowest BCUT2D eigenvalue weighted by Gasteiger charge is -2.35. The number of aryl methyl sites for hydroxylation is 1. The van der Waals surface area contributed by atoms with Crippen LogP contribution >= 0.6 is 0 Å². The number of carbonyl (C=O) groups excluding carboxylic acids is 2. The van der Waals surface area contributed by atoms with Crippen molar-refractivity contribution in [3.63, 3.8) is 0 Å². The summed E-state index contributed by atoms with van der Waals surface area (Å²) in [7, 11) is -3.91. The third-order valence-electron chi connectivity index (χ3n) is 10.7. The topological polar surface area (TPSA) is 156 Å². The number of rotatable bonds is 12. The number of nitrogens with zero attached hydrogens (tertiary/aromatic N) is 3. The number of pyridine rings is 1. The summed E-state index contributed by atoms with van der Waals surface area (Å²) in [5.41, 5.74) is 8.35. The number of nitrogens with one attached hydrogen (secondary N) is 2. The van der Waals surface area contributed by atoms with Crippen molar-refractivity contribution in [1.82, 2.24) is 4.98 Å².